The van der Waals surface area contributed by atoms with E-state index >= 15 is 0 Å². The Morgan fingerprint density at radius 1 is 1.00 bits per heavy atom. The number of carbonyl (C=O) groups is 2. The average Bonchev–Trinajstić information content (AvgIpc) is 3.02. The molecule has 0 aliphatic rings. The van der Waals surface area contributed by atoms with Crippen molar-refractivity contribution in [3.63, 3.8) is 0 Å². The first-order chi connectivity index (χ1) is 13.1. The molecule has 0 aliphatic heterocycles. The van der Waals surface area contributed by atoms with Crippen molar-refractivity contribution in [3.8, 4) is 5.75 Å². The van der Waals surface area contributed by atoms with Crippen molar-refractivity contribution in [2.45, 2.75) is 20.3 Å². The molecule has 1 aromatic heterocycles. The smallest absolute Gasteiger partial charge is 0.356 e. The van der Waals surface area contributed by atoms with Gasteiger partial charge in [0, 0.05) is 10.9 Å². The molecule has 140 valence electrons. The maximum atomic E-state index is 12.6. The number of anilines is 1. The molecule has 0 unspecified atom stereocenters. The van der Waals surface area contributed by atoms with Crippen LogP contribution in [0.25, 0.3) is 10.9 Å². The summed E-state index contributed by atoms with van der Waals surface area (Å²) in [7, 11) is 0. The molecule has 0 atom stereocenters. The summed E-state index contributed by atoms with van der Waals surface area (Å²) in [6, 6.07) is 14.8. The van der Waals surface area contributed by atoms with Gasteiger partial charge >= 0.3 is 5.97 Å². The first-order valence-corrected chi connectivity index (χ1v) is 8.91. The zero-order valence-corrected chi connectivity index (χ0v) is 15.4. The van der Waals surface area contributed by atoms with Crippen LogP contribution in [0, 0.1) is 0 Å². The second-order valence-corrected chi connectivity index (χ2v) is 5.94. The molecule has 0 fully saturated rings. The first kappa shape index (κ1) is 18.5. The van der Waals surface area contributed by atoms with Gasteiger partial charge in [-0.05, 0) is 37.6 Å². The van der Waals surface area contributed by atoms with Crippen LogP contribution in [0.1, 0.15) is 29.9 Å². The number of para-hydroxylation sites is 1. The normalized spacial score (nSPS) is 10.6. The van der Waals surface area contributed by atoms with Crippen LogP contribution in [0.4, 0.5) is 5.69 Å². The Kier molecular flexibility index (Phi) is 5.76. The number of aromatic amines is 1. The fourth-order valence-electron chi connectivity index (χ4n) is 2.87. The SMILES string of the molecule is CCOC(=O)c1[nH]c2ccccc2c1NC(=O)Cc1ccc(OCC)cc1. The largest absolute Gasteiger partial charge is 0.494 e. The minimum Gasteiger partial charge on any atom is -0.494 e. The molecule has 0 spiro atoms. The molecular weight excluding hydrogens is 344 g/mol. The van der Waals surface area contributed by atoms with Gasteiger partial charge in [0.2, 0.25) is 5.91 Å². The number of hydrogen-bond donors (Lipinski definition) is 2. The molecule has 3 rings (SSSR count). The second kappa shape index (κ2) is 8.40. The lowest BCUT2D eigenvalue weighted by atomic mass is 10.1. The molecule has 0 bridgehead atoms. The summed E-state index contributed by atoms with van der Waals surface area (Å²) in [5, 5.41) is 3.62. The zero-order chi connectivity index (χ0) is 19.2. The Bertz CT molecular complexity index is 944. The van der Waals surface area contributed by atoms with Crippen molar-refractivity contribution in [2.75, 3.05) is 18.5 Å². The molecule has 2 N–H and O–H groups in total. The summed E-state index contributed by atoms with van der Waals surface area (Å²) in [4.78, 5) is 27.8. The van der Waals surface area contributed by atoms with Gasteiger partial charge in [0.15, 0.2) is 0 Å². The summed E-state index contributed by atoms with van der Waals surface area (Å²) in [5.74, 6) is 0.0578. The second-order valence-electron chi connectivity index (χ2n) is 5.94. The summed E-state index contributed by atoms with van der Waals surface area (Å²) in [6.45, 7) is 4.51. The third kappa shape index (κ3) is 4.28. The van der Waals surface area contributed by atoms with Gasteiger partial charge in [-0.2, -0.15) is 0 Å². The molecule has 2 aromatic carbocycles. The van der Waals surface area contributed by atoms with Gasteiger partial charge in [0.05, 0.1) is 25.3 Å². The first-order valence-electron chi connectivity index (χ1n) is 8.91. The molecule has 1 amide bonds. The van der Waals surface area contributed by atoms with Crippen LogP contribution < -0.4 is 10.1 Å². The Labute approximate surface area is 157 Å². The third-order valence-electron chi connectivity index (χ3n) is 4.05. The standard InChI is InChI=1S/C21H22N2O4/c1-3-26-15-11-9-14(10-12-15)13-18(24)23-19-16-7-5-6-8-17(16)22-20(19)21(25)27-4-2/h5-12,22H,3-4,13H2,1-2H3,(H,23,24). The number of fused-ring (bicyclic) bond motifs is 1. The minimum absolute atomic E-state index is 0.189. The summed E-state index contributed by atoms with van der Waals surface area (Å²) < 4.78 is 10.5. The van der Waals surface area contributed by atoms with E-state index in [1.54, 1.807) is 6.92 Å². The van der Waals surface area contributed by atoms with Crippen molar-refractivity contribution >= 4 is 28.5 Å². The van der Waals surface area contributed by atoms with E-state index in [0.717, 1.165) is 22.2 Å². The van der Waals surface area contributed by atoms with E-state index in [0.29, 0.717) is 12.3 Å². The highest BCUT2D eigenvalue weighted by molar-refractivity contribution is 6.11. The Morgan fingerprint density at radius 2 is 1.74 bits per heavy atom. The molecule has 6 nitrogen and oxygen atoms in total. The van der Waals surface area contributed by atoms with Crippen molar-refractivity contribution in [1.29, 1.82) is 0 Å². The molecule has 27 heavy (non-hydrogen) atoms. The number of benzene rings is 2. The number of nitrogens with one attached hydrogen (secondary N) is 2. The monoisotopic (exact) mass is 366 g/mol. The van der Waals surface area contributed by atoms with Crippen LogP contribution in [0.3, 0.4) is 0 Å². The minimum atomic E-state index is -0.495. The molecule has 3 aromatic rings. The Hall–Kier alpha value is -3.28. The van der Waals surface area contributed by atoms with E-state index < -0.39 is 5.97 Å². The fourth-order valence-corrected chi connectivity index (χ4v) is 2.87. The van der Waals surface area contributed by atoms with Gasteiger partial charge in [-0.25, -0.2) is 4.79 Å². The summed E-state index contributed by atoms with van der Waals surface area (Å²) >= 11 is 0. The Morgan fingerprint density at radius 3 is 2.44 bits per heavy atom. The van der Waals surface area contributed by atoms with Crippen molar-refractivity contribution in [3.05, 3.63) is 59.8 Å². The van der Waals surface area contributed by atoms with Gasteiger partial charge in [-0.1, -0.05) is 30.3 Å². The van der Waals surface area contributed by atoms with Crippen LogP contribution >= 0.6 is 0 Å². The predicted molar refractivity (Wildman–Crippen MR) is 104 cm³/mol. The number of carbonyl (C=O) groups excluding carboxylic acids is 2. The Balaban J connectivity index is 1.81. The number of ether oxygens (including phenoxy) is 2. The highest BCUT2D eigenvalue weighted by Gasteiger charge is 2.20. The van der Waals surface area contributed by atoms with Crippen LogP contribution in [0.5, 0.6) is 5.75 Å². The number of amides is 1. The quantitative estimate of drug-likeness (QED) is 0.621. The number of esters is 1. The molecular formula is C21H22N2O4. The van der Waals surface area contributed by atoms with Crippen LogP contribution in [0.15, 0.2) is 48.5 Å². The van der Waals surface area contributed by atoms with E-state index in [2.05, 4.69) is 10.3 Å². The molecule has 0 saturated carbocycles. The van der Waals surface area contributed by atoms with E-state index in [1.807, 2.05) is 55.5 Å². The van der Waals surface area contributed by atoms with Crippen molar-refractivity contribution < 1.29 is 19.1 Å². The fraction of sp³-hybridized carbons (Fsp3) is 0.238. The maximum absolute atomic E-state index is 12.6. The highest BCUT2D eigenvalue weighted by Crippen LogP contribution is 2.28. The lowest BCUT2D eigenvalue weighted by molar-refractivity contribution is -0.115. The number of rotatable bonds is 7. The van der Waals surface area contributed by atoms with Gasteiger partial charge in [0.25, 0.3) is 0 Å². The van der Waals surface area contributed by atoms with E-state index in [9.17, 15) is 9.59 Å². The zero-order valence-electron chi connectivity index (χ0n) is 15.4. The molecule has 0 radical (unpaired) electrons. The predicted octanol–water partition coefficient (Wildman–Crippen LogP) is 3.92. The summed E-state index contributed by atoms with van der Waals surface area (Å²) in [6.07, 6.45) is 0.189. The van der Waals surface area contributed by atoms with Crippen LogP contribution in [-0.2, 0) is 16.0 Å². The highest BCUT2D eigenvalue weighted by atomic mass is 16.5. The maximum Gasteiger partial charge on any atom is 0.356 e. The van der Waals surface area contributed by atoms with Gasteiger partial charge in [-0.3, -0.25) is 4.79 Å². The van der Waals surface area contributed by atoms with Gasteiger partial charge in [-0.15, -0.1) is 0 Å². The topological polar surface area (TPSA) is 80.4 Å². The van der Waals surface area contributed by atoms with E-state index in [4.69, 9.17) is 9.47 Å². The lowest BCUT2D eigenvalue weighted by Crippen LogP contribution is -2.17. The third-order valence-corrected chi connectivity index (χ3v) is 4.05. The summed E-state index contributed by atoms with van der Waals surface area (Å²) in [5.41, 5.74) is 2.31. The molecule has 6 heteroatoms. The van der Waals surface area contributed by atoms with Crippen molar-refractivity contribution in [1.82, 2.24) is 4.98 Å². The van der Waals surface area contributed by atoms with Crippen molar-refractivity contribution in [2.24, 2.45) is 0 Å². The van der Waals surface area contributed by atoms with Crippen LogP contribution in [-0.4, -0.2) is 30.1 Å². The number of aromatic nitrogens is 1. The van der Waals surface area contributed by atoms with E-state index in [1.165, 1.54) is 0 Å². The van der Waals surface area contributed by atoms with Gasteiger partial charge < -0.3 is 19.8 Å². The average molecular weight is 366 g/mol. The lowest BCUT2D eigenvalue weighted by Gasteiger charge is -2.08. The number of H-pyrrole nitrogens is 1. The van der Waals surface area contributed by atoms with Gasteiger partial charge in [0.1, 0.15) is 11.4 Å². The van der Waals surface area contributed by atoms with Crippen LogP contribution in [0.2, 0.25) is 0 Å². The molecule has 0 aliphatic carbocycles. The van der Waals surface area contributed by atoms with E-state index in [-0.39, 0.29) is 24.6 Å². The number of hydrogen-bond acceptors (Lipinski definition) is 4. The molecule has 0 saturated heterocycles. The molecule has 1 heterocycles.